The van der Waals surface area contributed by atoms with E-state index in [4.69, 9.17) is 16.3 Å². The van der Waals surface area contributed by atoms with Crippen molar-refractivity contribution < 1.29 is 14.3 Å². The fourth-order valence-electron chi connectivity index (χ4n) is 3.97. The lowest BCUT2D eigenvalue weighted by Gasteiger charge is -2.34. The lowest BCUT2D eigenvalue weighted by Crippen LogP contribution is -2.41. The summed E-state index contributed by atoms with van der Waals surface area (Å²) >= 11 is 6.23. The highest BCUT2D eigenvalue weighted by molar-refractivity contribution is 6.30. The van der Waals surface area contributed by atoms with Gasteiger partial charge < -0.3 is 15.0 Å². The number of piperidine rings is 1. The summed E-state index contributed by atoms with van der Waals surface area (Å²) in [6.45, 7) is 11.6. The lowest BCUT2D eigenvalue weighted by molar-refractivity contribution is 0.0203. The number of hydrogen-bond acceptors (Lipinski definition) is 4. The van der Waals surface area contributed by atoms with E-state index in [0.717, 1.165) is 30.6 Å². The van der Waals surface area contributed by atoms with Gasteiger partial charge in [-0.3, -0.25) is 4.79 Å². The van der Waals surface area contributed by atoms with Crippen molar-refractivity contribution in [3.63, 3.8) is 0 Å². The number of amides is 2. The van der Waals surface area contributed by atoms with Crippen LogP contribution in [0.15, 0.2) is 30.5 Å². The van der Waals surface area contributed by atoms with Gasteiger partial charge in [-0.2, -0.15) is 5.10 Å². The highest BCUT2D eigenvalue weighted by atomic mass is 35.5. The maximum absolute atomic E-state index is 13.1. The van der Waals surface area contributed by atoms with Gasteiger partial charge in [0.1, 0.15) is 5.60 Å². The van der Waals surface area contributed by atoms with Gasteiger partial charge in [-0.25, -0.2) is 9.48 Å². The first-order valence-electron chi connectivity index (χ1n) is 11.6. The van der Waals surface area contributed by atoms with Gasteiger partial charge in [0.25, 0.3) is 5.91 Å². The van der Waals surface area contributed by atoms with Gasteiger partial charge in [0.2, 0.25) is 0 Å². The van der Waals surface area contributed by atoms with Crippen molar-refractivity contribution in [2.45, 2.75) is 65.4 Å². The van der Waals surface area contributed by atoms with E-state index in [1.165, 1.54) is 0 Å². The molecule has 0 aliphatic carbocycles. The van der Waals surface area contributed by atoms with Crippen LogP contribution in [0.4, 0.5) is 4.79 Å². The molecule has 3 rings (SSSR count). The molecule has 1 saturated heterocycles. The quantitative estimate of drug-likeness (QED) is 0.606. The molecule has 0 bridgehead atoms. The molecular weight excluding hydrogens is 440 g/mol. The molecule has 0 saturated carbocycles. The smallest absolute Gasteiger partial charge is 0.410 e. The predicted molar refractivity (Wildman–Crippen MR) is 130 cm³/mol. The van der Waals surface area contributed by atoms with Crippen LogP contribution in [0.5, 0.6) is 0 Å². The Morgan fingerprint density at radius 3 is 2.55 bits per heavy atom. The van der Waals surface area contributed by atoms with E-state index in [1.807, 2.05) is 49.7 Å². The van der Waals surface area contributed by atoms with Crippen LogP contribution < -0.4 is 5.32 Å². The number of hydrogen-bond donors (Lipinski definition) is 1. The Balaban J connectivity index is 1.83. The summed E-state index contributed by atoms with van der Waals surface area (Å²) in [4.78, 5) is 27.3. The average Bonchev–Trinajstić information content (AvgIpc) is 3.17. The molecular formula is C25H35ClN4O3. The molecule has 1 aliphatic rings. The number of nitrogens with zero attached hydrogens (tertiary/aromatic N) is 3. The van der Waals surface area contributed by atoms with Crippen molar-refractivity contribution >= 4 is 23.6 Å². The number of carbonyl (C=O) groups excluding carboxylic acids is 2. The summed E-state index contributed by atoms with van der Waals surface area (Å²) in [5, 5.41) is 8.21. The predicted octanol–water partition coefficient (Wildman–Crippen LogP) is 5.42. The zero-order valence-electron chi connectivity index (χ0n) is 20.2. The van der Waals surface area contributed by atoms with Crippen LogP contribution in [0, 0.1) is 5.92 Å². The van der Waals surface area contributed by atoms with E-state index in [9.17, 15) is 9.59 Å². The summed E-state index contributed by atoms with van der Waals surface area (Å²) < 4.78 is 7.34. The summed E-state index contributed by atoms with van der Waals surface area (Å²) in [7, 11) is 0. The second kappa shape index (κ2) is 10.6. The van der Waals surface area contributed by atoms with Gasteiger partial charge in [0, 0.05) is 30.6 Å². The highest BCUT2D eigenvalue weighted by Crippen LogP contribution is 2.33. The van der Waals surface area contributed by atoms with Crippen LogP contribution in [0.2, 0.25) is 5.02 Å². The monoisotopic (exact) mass is 474 g/mol. The SMILES string of the molecule is CC(C)CCNC(=O)c1cnn(-c2cccc(Cl)c2)c1C1CCN(C(=O)OC(C)(C)C)CC1. The third-order valence-electron chi connectivity index (χ3n) is 5.64. The molecule has 2 amide bonds. The number of likely N-dealkylation sites (tertiary alicyclic amines) is 1. The first-order valence-corrected chi connectivity index (χ1v) is 12.0. The number of aromatic nitrogens is 2. The number of benzene rings is 1. The van der Waals surface area contributed by atoms with E-state index < -0.39 is 5.60 Å². The molecule has 8 heteroatoms. The molecule has 1 aromatic heterocycles. The Morgan fingerprint density at radius 1 is 1.24 bits per heavy atom. The van der Waals surface area contributed by atoms with Gasteiger partial charge in [-0.15, -0.1) is 0 Å². The minimum absolute atomic E-state index is 0.0796. The number of halogens is 1. The maximum atomic E-state index is 13.1. The zero-order valence-corrected chi connectivity index (χ0v) is 21.0. The topological polar surface area (TPSA) is 76.5 Å². The molecule has 1 aromatic carbocycles. The Kier molecular flexibility index (Phi) is 8.05. The average molecular weight is 475 g/mol. The number of nitrogens with one attached hydrogen (secondary N) is 1. The van der Waals surface area contributed by atoms with E-state index in [0.29, 0.717) is 36.1 Å². The van der Waals surface area contributed by atoms with Gasteiger partial charge in [-0.1, -0.05) is 31.5 Å². The standard InChI is InChI=1S/C25H35ClN4O3/c1-17(2)9-12-27-23(31)21-16-28-30(20-8-6-7-19(26)15-20)22(21)18-10-13-29(14-11-18)24(32)33-25(3,4)5/h6-8,15-18H,9-14H2,1-5H3,(H,27,31). The van der Waals surface area contributed by atoms with Gasteiger partial charge >= 0.3 is 6.09 Å². The van der Waals surface area contributed by atoms with Crippen LogP contribution >= 0.6 is 11.6 Å². The minimum Gasteiger partial charge on any atom is -0.444 e. The maximum Gasteiger partial charge on any atom is 0.410 e. The second-order valence-electron chi connectivity index (χ2n) is 10.0. The molecule has 2 heterocycles. The number of rotatable bonds is 6. The molecule has 0 atom stereocenters. The van der Waals surface area contributed by atoms with Crippen LogP contribution in [-0.2, 0) is 4.74 Å². The number of ether oxygens (including phenoxy) is 1. The fraction of sp³-hybridized carbons (Fsp3) is 0.560. The second-order valence-corrected chi connectivity index (χ2v) is 10.5. The molecule has 0 spiro atoms. The van der Waals surface area contributed by atoms with Crippen molar-refractivity contribution in [1.82, 2.24) is 20.0 Å². The summed E-state index contributed by atoms with van der Waals surface area (Å²) in [6, 6.07) is 7.46. The van der Waals surface area contributed by atoms with Gasteiger partial charge in [0.15, 0.2) is 0 Å². The molecule has 1 N–H and O–H groups in total. The van der Waals surface area contributed by atoms with Crippen molar-refractivity contribution in [3.8, 4) is 5.69 Å². The summed E-state index contributed by atoms with van der Waals surface area (Å²) in [6.07, 6.45) is 3.70. The normalized spacial score (nSPS) is 15.1. The van der Waals surface area contributed by atoms with E-state index in [2.05, 4.69) is 24.3 Å². The Bertz CT molecular complexity index is 972. The van der Waals surface area contributed by atoms with Crippen molar-refractivity contribution in [2.75, 3.05) is 19.6 Å². The van der Waals surface area contributed by atoms with Crippen molar-refractivity contribution in [3.05, 3.63) is 46.7 Å². The summed E-state index contributed by atoms with van der Waals surface area (Å²) in [5.74, 6) is 0.473. The Morgan fingerprint density at radius 2 is 1.94 bits per heavy atom. The van der Waals surface area contributed by atoms with Crippen molar-refractivity contribution in [1.29, 1.82) is 0 Å². The van der Waals surface area contributed by atoms with E-state index >= 15 is 0 Å². The van der Waals surface area contributed by atoms with Crippen LogP contribution in [0.3, 0.4) is 0 Å². The van der Waals surface area contributed by atoms with Crippen LogP contribution in [-0.4, -0.2) is 51.9 Å². The number of carbonyl (C=O) groups is 2. The van der Waals surface area contributed by atoms with E-state index in [1.54, 1.807) is 11.1 Å². The lowest BCUT2D eigenvalue weighted by atomic mass is 9.90. The van der Waals surface area contributed by atoms with Crippen LogP contribution in [0.25, 0.3) is 5.69 Å². The highest BCUT2D eigenvalue weighted by Gasteiger charge is 2.32. The molecule has 33 heavy (non-hydrogen) atoms. The van der Waals surface area contributed by atoms with Gasteiger partial charge in [0.05, 0.1) is 23.1 Å². The fourth-order valence-corrected chi connectivity index (χ4v) is 4.16. The largest absolute Gasteiger partial charge is 0.444 e. The molecule has 0 radical (unpaired) electrons. The molecule has 0 unspecified atom stereocenters. The zero-order chi connectivity index (χ0) is 24.2. The van der Waals surface area contributed by atoms with Crippen molar-refractivity contribution in [2.24, 2.45) is 5.92 Å². The first-order chi connectivity index (χ1) is 15.5. The molecule has 7 nitrogen and oxygen atoms in total. The summed E-state index contributed by atoms with van der Waals surface area (Å²) in [5.41, 5.74) is 1.73. The Hall–Kier alpha value is -2.54. The molecule has 1 fully saturated rings. The first kappa shape index (κ1) is 25.1. The van der Waals surface area contributed by atoms with Crippen LogP contribution in [0.1, 0.15) is 75.9 Å². The Labute approximate surface area is 201 Å². The third kappa shape index (κ3) is 6.73. The van der Waals surface area contributed by atoms with E-state index in [-0.39, 0.29) is 17.9 Å². The molecule has 180 valence electrons. The molecule has 2 aromatic rings. The van der Waals surface area contributed by atoms with Gasteiger partial charge in [-0.05, 0) is 64.2 Å². The third-order valence-corrected chi connectivity index (χ3v) is 5.88. The minimum atomic E-state index is -0.527. The molecule has 1 aliphatic heterocycles.